The van der Waals surface area contributed by atoms with E-state index in [-0.39, 0.29) is 19.1 Å². The highest BCUT2D eigenvalue weighted by Gasteiger charge is 2.42. The van der Waals surface area contributed by atoms with E-state index in [0.717, 1.165) is 21.6 Å². The van der Waals surface area contributed by atoms with E-state index in [1.54, 1.807) is 18.2 Å². The van der Waals surface area contributed by atoms with E-state index in [0.29, 0.717) is 28.6 Å². The zero-order valence-electron chi connectivity index (χ0n) is 15.1. The molecule has 8 heteroatoms. The highest BCUT2D eigenvalue weighted by Crippen LogP contribution is 2.34. The molecule has 0 radical (unpaired) electrons. The summed E-state index contributed by atoms with van der Waals surface area (Å²) in [5, 5.41) is 4.51. The molecule has 0 aromatic heterocycles. The van der Waals surface area contributed by atoms with Gasteiger partial charge in [0.15, 0.2) is 0 Å². The molecule has 28 heavy (non-hydrogen) atoms. The second kappa shape index (κ2) is 8.21. The molecule has 1 heterocycles. The number of rotatable bonds is 3. The van der Waals surface area contributed by atoms with Crippen LogP contribution in [0.3, 0.4) is 0 Å². The van der Waals surface area contributed by atoms with Crippen molar-refractivity contribution in [3.05, 3.63) is 63.1 Å². The number of alkyl halides is 3. The number of nitrogens with one attached hydrogen (secondary N) is 1. The van der Waals surface area contributed by atoms with Crippen molar-refractivity contribution in [1.29, 1.82) is 0 Å². The zero-order valence-corrected chi connectivity index (χ0v) is 16.6. The van der Waals surface area contributed by atoms with Gasteiger partial charge in [-0.1, -0.05) is 41.4 Å². The number of hydrogen-bond acceptors (Lipinski definition) is 2. The van der Waals surface area contributed by atoms with E-state index in [2.05, 4.69) is 5.32 Å². The minimum atomic E-state index is -4.86. The topological polar surface area (TPSA) is 32.3 Å². The van der Waals surface area contributed by atoms with E-state index in [1.165, 1.54) is 0 Å². The summed E-state index contributed by atoms with van der Waals surface area (Å²) in [6, 6.07) is 10.9. The molecule has 1 atom stereocenters. The van der Waals surface area contributed by atoms with Gasteiger partial charge in [-0.15, -0.1) is 0 Å². The van der Waals surface area contributed by atoms with Gasteiger partial charge in [-0.05, 0) is 54.7 Å². The lowest BCUT2D eigenvalue weighted by atomic mass is 9.99. The largest absolute Gasteiger partial charge is 0.471 e. The van der Waals surface area contributed by atoms with Crippen LogP contribution in [0.4, 0.5) is 18.9 Å². The Balaban J connectivity index is 1.84. The van der Waals surface area contributed by atoms with Gasteiger partial charge >= 0.3 is 12.1 Å². The number of anilines is 1. The fourth-order valence-corrected chi connectivity index (χ4v) is 3.74. The first-order valence-electron chi connectivity index (χ1n) is 8.85. The maximum atomic E-state index is 12.8. The van der Waals surface area contributed by atoms with Gasteiger partial charge in [-0.3, -0.25) is 4.79 Å². The van der Waals surface area contributed by atoms with Crippen LogP contribution < -0.4 is 5.32 Å². The van der Waals surface area contributed by atoms with E-state index in [1.807, 2.05) is 25.1 Å². The smallest absolute Gasteiger partial charge is 0.377 e. The molecule has 0 saturated carbocycles. The van der Waals surface area contributed by atoms with Gasteiger partial charge in [-0.2, -0.15) is 13.2 Å². The summed E-state index contributed by atoms with van der Waals surface area (Å²) < 4.78 is 38.4. The number of nitrogens with zero attached hydrogens (tertiary/aromatic N) is 1. The first-order valence-corrected chi connectivity index (χ1v) is 9.60. The molecule has 3 rings (SSSR count). The standard InChI is InChI=1S/C20H19Cl2F3N2O/c1-12(13-2-5-15(21)6-3-13)26-18-16-9-11-27(19(28)20(23,24)25)10-8-14(16)4-7-17(18)22/h2-7,12,26H,8-11H2,1H3. The number of hydrogen-bond donors (Lipinski definition) is 1. The Hall–Kier alpha value is -1.92. The van der Waals surface area contributed by atoms with Crippen LogP contribution in [0.2, 0.25) is 10.0 Å². The molecular weight excluding hydrogens is 412 g/mol. The normalized spacial score (nSPS) is 15.6. The van der Waals surface area contributed by atoms with Crippen molar-refractivity contribution in [3.63, 3.8) is 0 Å². The lowest BCUT2D eigenvalue weighted by molar-refractivity contribution is -0.185. The van der Waals surface area contributed by atoms with Crippen molar-refractivity contribution in [2.45, 2.75) is 32.0 Å². The van der Waals surface area contributed by atoms with Crippen LogP contribution in [0.25, 0.3) is 0 Å². The molecule has 0 bridgehead atoms. The van der Waals surface area contributed by atoms with Gasteiger partial charge in [0.25, 0.3) is 0 Å². The molecular formula is C20H19Cl2F3N2O. The van der Waals surface area contributed by atoms with Gasteiger partial charge in [0.1, 0.15) is 0 Å². The summed E-state index contributed by atoms with van der Waals surface area (Å²) >= 11 is 12.3. The van der Waals surface area contributed by atoms with Crippen molar-refractivity contribution >= 4 is 34.8 Å². The van der Waals surface area contributed by atoms with E-state index in [4.69, 9.17) is 23.2 Å². The zero-order chi connectivity index (χ0) is 20.5. The van der Waals surface area contributed by atoms with E-state index >= 15 is 0 Å². The number of carbonyl (C=O) groups excluding carboxylic acids is 1. The molecule has 0 fully saturated rings. The summed E-state index contributed by atoms with van der Waals surface area (Å²) in [4.78, 5) is 12.5. The summed E-state index contributed by atoms with van der Waals surface area (Å²) in [7, 11) is 0. The van der Waals surface area contributed by atoms with Crippen LogP contribution in [-0.4, -0.2) is 30.1 Å². The lowest BCUT2D eigenvalue weighted by Crippen LogP contribution is -2.42. The monoisotopic (exact) mass is 430 g/mol. The quantitative estimate of drug-likeness (QED) is 0.681. The van der Waals surface area contributed by atoms with Crippen LogP contribution in [0.5, 0.6) is 0 Å². The van der Waals surface area contributed by atoms with Crippen molar-refractivity contribution in [1.82, 2.24) is 4.90 Å². The minimum absolute atomic E-state index is 0.00427. The predicted molar refractivity (Wildman–Crippen MR) is 105 cm³/mol. The molecule has 1 unspecified atom stereocenters. The van der Waals surface area contributed by atoms with Crippen LogP contribution in [0.1, 0.15) is 29.7 Å². The van der Waals surface area contributed by atoms with Gasteiger partial charge < -0.3 is 10.2 Å². The minimum Gasteiger partial charge on any atom is -0.377 e. The molecule has 0 spiro atoms. The number of benzene rings is 2. The molecule has 1 amide bonds. The molecule has 2 aromatic rings. The van der Waals surface area contributed by atoms with Crippen LogP contribution in [0.15, 0.2) is 36.4 Å². The fourth-order valence-electron chi connectivity index (χ4n) is 3.39. The van der Waals surface area contributed by atoms with Crippen LogP contribution >= 0.6 is 23.2 Å². The first-order chi connectivity index (χ1) is 13.2. The second-order valence-corrected chi connectivity index (χ2v) is 7.61. The number of carbonyl (C=O) groups is 1. The first kappa shape index (κ1) is 20.8. The number of fused-ring (bicyclic) bond motifs is 1. The molecule has 0 aliphatic carbocycles. The third-order valence-electron chi connectivity index (χ3n) is 4.90. The van der Waals surface area contributed by atoms with Crippen LogP contribution in [0, 0.1) is 0 Å². The Kier molecular flexibility index (Phi) is 6.10. The van der Waals surface area contributed by atoms with Crippen molar-refractivity contribution in [2.75, 3.05) is 18.4 Å². The Labute approximate surface area is 171 Å². The SMILES string of the molecule is CC(Nc1c(Cl)ccc2c1CCN(C(=O)C(F)(F)F)CC2)c1ccc(Cl)cc1. The van der Waals surface area contributed by atoms with Gasteiger partial charge in [0.2, 0.25) is 0 Å². The van der Waals surface area contributed by atoms with Crippen molar-refractivity contribution in [2.24, 2.45) is 0 Å². The highest BCUT2D eigenvalue weighted by molar-refractivity contribution is 6.33. The molecule has 1 aliphatic rings. The summed E-state index contributed by atoms with van der Waals surface area (Å²) in [6.07, 6.45) is -4.22. The third kappa shape index (κ3) is 4.55. The Morgan fingerprint density at radius 2 is 1.71 bits per heavy atom. The number of amides is 1. The molecule has 0 saturated heterocycles. The van der Waals surface area contributed by atoms with E-state index in [9.17, 15) is 18.0 Å². The molecule has 150 valence electrons. The Bertz CT molecular complexity index is 869. The van der Waals surface area contributed by atoms with Gasteiger partial charge in [0.05, 0.1) is 10.7 Å². The molecule has 3 nitrogen and oxygen atoms in total. The van der Waals surface area contributed by atoms with E-state index < -0.39 is 12.1 Å². The molecule has 1 N–H and O–H groups in total. The molecule has 1 aliphatic heterocycles. The number of halogens is 5. The van der Waals surface area contributed by atoms with Crippen molar-refractivity contribution in [3.8, 4) is 0 Å². The van der Waals surface area contributed by atoms with Gasteiger partial charge in [-0.25, -0.2) is 0 Å². The summed E-state index contributed by atoms with van der Waals surface area (Å²) in [5.74, 6) is -1.80. The predicted octanol–water partition coefficient (Wildman–Crippen LogP) is 5.66. The second-order valence-electron chi connectivity index (χ2n) is 6.77. The Morgan fingerprint density at radius 1 is 1.07 bits per heavy atom. The Morgan fingerprint density at radius 3 is 2.36 bits per heavy atom. The summed E-state index contributed by atoms with van der Waals surface area (Å²) in [5.41, 5.74) is 3.45. The third-order valence-corrected chi connectivity index (χ3v) is 5.47. The summed E-state index contributed by atoms with van der Waals surface area (Å²) in [6.45, 7) is 1.99. The van der Waals surface area contributed by atoms with Crippen molar-refractivity contribution < 1.29 is 18.0 Å². The highest BCUT2D eigenvalue weighted by atomic mass is 35.5. The van der Waals surface area contributed by atoms with Gasteiger partial charge in [0, 0.05) is 24.2 Å². The lowest BCUT2D eigenvalue weighted by Gasteiger charge is -2.22. The maximum Gasteiger partial charge on any atom is 0.471 e. The average molecular weight is 431 g/mol. The molecule has 2 aromatic carbocycles. The average Bonchev–Trinajstić information content (AvgIpc) is 2.86. The van der Waals surface area contributed by atoms with Crippen LogP contribution in [-0.2, 0) is 17.6 Å². The maximum absolute atomic E-state index is 12.8. The fraction of sp³-hybridized carbons (Fsp3) is 0.350.